The molecule has 0 aromatic heterocycles. The highest BCUT2D eigenvalue weighted by molar-refractivity contribution is 5.92. The zero-order chi connectivity index (χ0) is 16.0. The van der Waals surface area contributed by atoms with Crippen molar-refractivity contribution in [3.05, 3.63) is 46.0 Å². The molecule has 0 spiro atoms. The van der Waals surface area contributed by atoms with Gasteiger partial charge < -0.3 is 10.4 Å². The lowest BCUT2D eigenvalue weighted by Gasteiger charge is -2.31. The molecule has 0 bridgehead atoms. The molecule has 0 atom stereocenters. The Morgan fingerprint density at radius 3 is 2.68 bits per heavy atom. The van der Waals surface area contributed by atoms with Crippen molar-refractivity contribution < 1.29 is 14.8 Å². The number of para-hydroxylation sites is 1. The smallest absolute Gasteiger partial charge is 0.276 e. The van der Waals surface area contributed by atoms with Crippen molar-refractivity contribution in [3.8, 4) is 0 Å². The van der Waals surface area contributed by atoms with Crippen molar-refractivity contribution >= 4 is 17.7 Å². The molecule has 1 saturated carbocycles. The van der Waals surface area contributed by atoms with Gasteiger partial charge in [0.2, 0.25) is 5.91 Å². The lowest BCUT2D eigenvalue weighted by molar-refractivity contribution is -0.385. The van der Waals surface area contributed by atoms with Gasteiger partial charge in [0.25, 0.3) is 5.69 Å². The Bertz CT molecular complexity index is 577. The lowest BCUT2D eigenvalue weighted by Crippen LogP contribution is -2.43. The second-order valence-electron chi connectivity index (χ2n) is 5.65. The first-order valence-corrected chi connectivity index (χ1v) is 7.42. The van der Waals surface area contributed by atoms with Crippen molar-refractivity contribution in [1.29, 1.82) is 0 Å². The third-order valence-corrected chi connectivity index (χ3v) is 3.92. The molecule has 0 unspecified atom stereocenters. The molecule has 1 aromatic carbocycles. The van der Waals surface area contributed by atoms with Crippen LogP contribution in [0.2, 0.25) is 0 Å². The fourth-order valence-corrected chi connectivity index (χ4v) is 2.66. The van der Waals surface area contributed by atoms with Gasteiger partial charge >= 0.3 is 0 Å². The minimum Gasteiger partial charge on any atom is -0.388 e. The number of carbonyl (C=O) groups excluding carboxylic acids is 1. The molecular formula is C16H20N2O4. The molecular weight excluding hydrogens is 284 g/mol. The summed E-state index contributed by atoms with van der Waals surface area (Å²) in [5.74, 6) is -0.364. The molecule has 0 aliphatic heterocycles. The van der Waals surface area contributed by atoms with E-state index in [4.69, 9.17) is 0 Å². The largest absolute Gasteiger partial charge is 0.388 e. The average molecular weight is 304 g/mol. The number of nitrogens with zero attached hydrogens (tertiary/aromatic N) is 1. The van der Waals surface area contributed by atoms with Crippen LogP contribution in [0.3, 0.4) is 0 Å². The summed E-state index contributed by atoms with van der Waals surface area (Å²) in [5.41, 5.74) is -0.489. The summed E-state index contributed by atoms with van der Waals surface area (Å²) < 4.78 is 0. The van der Waals surface area contributed by atoms with E-state index < -0.39 is 10.5 Å². The topological polar surface area (TPSA) is 92.5 Å². The summed E-state index contributed by atoms with van der Waals surface area (Å²) >= 11 is 0. The molecule has 0 heterocycles. The first-order chi connectivity index (χ1) is 10.5. The van der Waals surface area contributed by atoms with Gasteiger partial charge in [0.1, 0.15) is 0 Å². The van der Waals surface area contributed by atoms with Gasteiger partial charge in [-0.25, -0.2) is 0 Å². The first kappa shape index (κ1) is 16.2. The molecule has 6 nitrogen and oxygen atoms in total. The number of amides is 1. The van der Waals surface area contributed by atoms with Crippen LogP contribution in [0, 0.1) is 10.1 Å². The summed E-state index contributed by atoms with van der Waals surface area (Å²) in [4.78, 5) is 22.2. The van der Waals surface area contributed by atoms with Crippen LogP contribution in [0.4, 0.5) is 5.69 Å². The van der Waals surface area contributed by atoms with E-state index in [0.717, 1.165) is 19.3 Å². The van der Waals surface area contributed by atoms with E-state index in [1.54, 1.807) is 18.2 Å². The van der Waals surface area contributed by atoms with Gasteiger partial charge in [-0.2, -0.15) is 0 Å². The zero-order valence-electron chi connectivity index (χ0n) is 12.3. The molecule has 0 saturated heterocycles. The van der Waals surface area contributed by atoms with Gasteiger partial charge in [-0.3, -0.25) is 14.9 Å². The van der Waals surface area contributed by atoms with Crippen molar-refractivity contribution in [2.24, 2.45) is 0 Å². The number of hydrogen-bond donors (Lipinski definition) is 2. The normalized spacial score (nSPS) is 17.3. The fraction of sp³-hybridized carbons (Fsp3) is 0.438. The van der Waals surface area contributed by atoms with Crippen LogP contribution in [0.5, 0.6) is 0 Å². The van der Waals surface area contributed by atoms with Gasteiger partial charge in [0, 0.05) is 18.7 Å². The maximum absolute atomic E-state index is 11.8. The number of carbonyl (C=O) groups is 1. The molecule has 6 heteroatoms. The standard InChI is InChI=1S/C16H20N2O4/c19-15(17-12-16(20)10-4-1-5-11-16)9-8-13-6-2-3-7-14(13)18(21)22/h2-3,6-9,20H,1,4-5,10-12H2,(H,17,19). The van der Waals surface area contributed by atoms with Gasteiger partial charge in [-0.15, -0.1) is 0 Å². The molecule has 1 aliphatic rings. The van der Waals surface area contributed by atoms with Gasteiger partial charge in [-0.05, 0) is 25.0 Å². The molecule has 1 aliphatic carbocycles. The molecule has 118 valence electrons. The number of benzene rings is 1. The summed E-state index contributed by atoms with van der Waals surface area (Å²) in [6, 6.07) is 6.22. The molecule has 0 radical (unpaired) electrons. The first-order valence-electron chi connectivity index (χ1n) is 7.42. The Labute approximate surface area is 129 Å². The van der Waals surface area contributed by atoms with Crippen molar-refractivity contribution in [3.63, 3.8) is 0 Å². The van der Waals surface area contributed by atoms with Crippen LogP contribution in [0.15, 0.2) is 30.3 Å². The summed E-state index contributed by atoms with van der Waals surface area (Å²) in [6.07, 6.45) is 7.12. The van der Waals surface area contributed by atoms with Crippen LogP contribution in [0.25, 0.3) is 6.08 Å². The Morgan fingerprint density at radius 1 is 1.32 bits per heavy atom. The third kappa shape index (κ3) is 4.39. The van der Waals surface area contributed by atoms with Gasteiger partial charge in [0.05, 0.1) is 16.1 Å². The highest BCUT2D eigenvalue weighted by atomic mass is 16.6. The highest BCUT2D eigenvalue weighted by Crippen LogP contribution is 2.27. The molecule has 22 heavy (non-hydrogen) atoms. The Kier molecular flexibility index (Phi) is 5.27. The summed E-state index contributed by atoms with van der Waals surface area (Å²) in [7, 11) is 0. The van der Waals surface area contributed by atoms with E-state index in [-0.39, 0.29) is 18.1 Å². The van der Waals surface area contributed by atoms with Gasteiger partial charge in [0.15, 0.2) is 0 Å². The lowest BCUT2D eigenvalue weighted by atomic mass is 9.85. The Morgan fingerprint density at radius 2 is 2.00 bits per heavy atom. The SMILES string of the molecule is O=C(C=Cc1ccccc1[N+](=O)[O-])NCC1(O)CCCCC1. The molecule has 1 amide bonds. The van der Waals surface area contributed by atoms with Crippen molar-refractivity contribution in [2.75, 3.05) is 6.54 Å². The molecule has 2 rings (SSSR count). The Balaban J connectivity index is 1.93. The van der Waals surface area contributed by atoms with Crippen LogP contribution < -0.4 is 5.32 Å². The van der Waals surface area contributed by atoms with E-state index in [0.29, 0.717) is 18.4 Å². The zero-order valence-corrected chi connectivity index (χ0v) is 12.3. The number of aliphatic hydroxyl groups is 1. The monoisotopic (exact) mass is 304 g/mol. The summed E-state index contributed by atoms with van der Waals surface area (Å²) in [6.45, 7) is 0.215. The Hall–Kier alpha value is -2.21. The number of hydrogen-bond acceptors (Lipinski definition) is 4. The van der Waals surface area contributed by atoms with E-state index in [1.807, 2.05) is 0 Å². The molecule has 1 aromatic rings. The van der Waals surface area contributed by atoms with E-state index >= 15 is 0 Å². The van der Waals surface area contributed by atoms with E-state index in [1.165, 1.54) is 18.2 Å². The predicted octanol–water partition coefficient (Wildman–Crippen LogP) is 2.42. The number of nitro benzene ring substituents is 1. The summed E-state index contributed by atoms with van der Waals surface area (Å²) in [5, 5.41) is 23.8. The molecule has 2 N–H and O–H groups in total. The highest BCUT2D eigenvalue weighted by Gasteiger charge is 2.29. The quantitative estimate of drug-likeness (QED) is 0.496. The number of nitro groups is 1. The maximum Gasteiger partial charge on any atom is 0.276 e. The second-order valence-corrected chi connectivity index (χ2v) is 5.65. The number of rotatable bonds is 5. The predicted molar refractivity (Wildman–Crippen MR) is 83.2 cm³/mol. The van der Waals surface area contributed by atoms with Crippen LogP contribution in [-0.4, -0.2) is 28.1 Å². The van der Waals surface area contributed by atoms with E-state index in [9.17, 15) is 20.0 Å². The van der Waals surface area contributed by atoms with Crippen molar-refractivity contribution in [2.45, 2.75) is 37.7 Å². The van der Waals surface area contributed by atoms with Crippen LogP contribution in [-0.2, 0) is 4.79 Å². The van der Waals surface area contributed by atoms with E-state index in [2.05, 4.69) is 5.32 Å². The average Bonchev–Trinajstić information content (AvgIpc) is 2.52. The third-order valence-electron chi connectivity index (χ3n) is 3.92. The van der Waals surface area contributed by atoms with Crippen LogP contribution in [0.1, 0.15) is 37.7 Å². The fourth-order valence-electron chi connectivity index (χ4n) is 2.66. The number of nitrogens with one attached hydrogen (secondary N) is 1. The maximum atomic E-state index is 11.8. The van der Waals surface area contributed by atoms with Gasteiger partial charge in [-0.1, -0.05) is 31.4 Å². The van der Waals surface area contributed by atoms with Crippen LogP contribution >= 0.6 is 0 Å². The van der Waals surface area contributed by atoms with Crippen molar-refractivity contribution in [1.82, 2.24) is 5.32 Å². The minimum absolute atomic E-state index is 0.0440. The second kappa shape index (κ2) is 7.17. The molecule has 1 fully saturated rings. The minimum atomic E-state index is -0.819.